The molecule has 2 aromatic heterocycles. The van der Waals surface area contributed by atoms with Crippen LogP contribution in [0.1, 0.15) is 79.5 Å². The molecule has 3 heterocycles. The van der Waals surface area contributed by atoms with Gasteiger partial charge in [0.1, 0.15) is 5.65 Å². The number of nitrogens with one attached hydrogen (secondary N) is 1. The summed E-state index contributed by atoms with van der Waals surface area (Å²) in [5, 5.41) is 4.01. The number of aryl methyl sites for hydroxylation is 1. The van der Waals surface area contributed by atoms with Crippen LogP contribution in [0, 0.1) is 24.7 Å². The molecule has 5 nitrogen and oxygen atoms in total. The van der Waals surface area contributed by atoms with Crippen LogP contribution in [0.4, 0.5) is 0 Å². The Morgan fingerprint density at radius 3 is 2.43 bits per heavy atom. The monoisotopic (exact) mass is 406 g/mol. The first kappa shape index (κ1) is 18.9. The van der Waals surface area contributed by atoms with Gasteiger partial charge in [0.25, 0.3) is 5.91 Å². The van der Waals surface area contributed by atoms with Crippen molar-refractivity contribution in [1.29, 1.82) is 0 Å². The van der Waals surface area contributed by atoms with Gasteiger partial charge in [0.2, 0.25) is 0 Å². The minimum atomic E-state index is 0.125. The second-order valence-corrected chi connectivity index (χ2v) is 10.7. The van der Waals surface area contributed by atoms with Crippen LogP contribution in [-0.2, 0) is 6.54 Å². The average molecular weight is 407 g/mol. The van der Waals surface area contributed by atoms with Gasteiger partial charge >= 0.3 is 0 Å². The number of amides is 1. The van der Waals surface area contributed by atoms with Gasteiger partial charge in [0.05, 0.1) is 5.69 Å². The first-order chi connectivity index (χ1) is 14.6. The molecule has 1 N–H and O–H groups in total. The fourth-order valence-electron chi connectivity index (χ4n) is 7.44. The standard InChI is InChI=1S/C25H34N4O/c1-17-6-5-9-29-21(22(27-23(17)29)24(30)28-7-3-2-4-8-28)16-26-25-13-18-10-19(14-25)12-20(11-18)15-25/h5-6,9,18-20,26H,2-4,7-8,10-16H2,1H3. The van der Waals surface area contributed by atoms with E-state index in [9.17, 15) is 4.79 Å². The molecule has 0 spiro atoms. The Morgan fingerprint density at radius 2 is 1.77 bits per heavy atom. The lowest BCUT2D eigenvalue weighted by Gasteiger charge is -2.57. The van der Waals surface area contributed by atoms with Gasteiger partial charge in [-0.1, -0.05) is 6.07 Å². The normalized spacial score (nSPS) is 32.8. The Labute approximate surface area is 179 Å². The van der Waals surface area contributed by atoms with Gasteiger partial charge in [-0.25, -0.2) is 4.98 Å². The highest BCUT2D eigenvalue weighted by molar-refractivity contribution is 5.94. The topological polar surface area (TPSA) is 49.6 Å². The van der Waals surface area contributed by atoms with Gasteiger partial charge in [-0.2, -0.15) is 0 Å². The maximum absolute atomic E-state index is 13.4. The maximum Gasteiger partial charge on any atom is 0.274 e. The van der Waals surface area contributed by atoms with E-state index in [1.807, 2.05) is 4.90 Å². The predicted octanol–water partition coefficient (Wildman–Crippen LogP) is 4.33. The molecule has 0 radical (unpaired) electrons. The molecule has 0 aromatic carbocycles. The highest BCUT2D eigenvalue weighted by atomic mass is 16.2. The van der Waals surface area contributed by atoms with E-state index in [1.54, 1.807) is 0 Å². The number of carbonyl (C=O) groups excluding carboxylic acids is 1. The number of hydrogen-bond acceptors (Lipinski definition) is 3. The molecule has 5 fully saturated rings. The van der Waals surface area contributed by atoms with Crippen molar-refractivity contribution in [3.05, 3.63) is 35.3 Å². The van der Waals surface area contributed by atoms with Gasteiger partial charge in [-0.05, 0) is 94.1 Å². The van der Waals surface area contributed by atoms with Crippen LogP contribution in [0.15, 0.2) is 18.3 Å². The van der Waals surface area contributed by atoms with E-state index in [2.05, 4.69) is 35.0 Å². The summed E-state index contributed by atoms with van der Waals surface area (Å²) in [4.78, 5) is 20.4. The Hall–Kier alpha value is -1.88. The molecule has 0 unspecified atom stereocenters. The molecule has 1 amide bonds. The van der Waals surface area contributed by atoms with Crippen molar-refractivity contribution in [2.75, 3.05) is 13.1 Å². The van der Waals surface area contributed by atoms with Crippen LogP contribution in [0.25, 0.3) is 5.65 Å². The van der Waals surface area contributed by atoms with Crippen LogP contribution in [0.3, 0.4) is 0 Å². The molecule has 1 saturated heterocycles. The van der Waals surface area contributed by atoms with Crippen LogP contribution >= 0.6 is 0 Å². The van der Waals surface area contributed by atoms with Gasteiger partial charge in [0, 0.05) is 31.4 Å². The Kier molecular flexibility index (Phi) is 4.45. The van der Waals surface area contributed by atoms with Gasteiger partial charge in [-0.15, -0.1) is 0 Å². The van der Waals surface area contributed by atoms with Crippen molar-refractivity contribution in [1.82, 2.24) is 19.6 Å². The number of carbonyl (C=O) groups is 1. The molecule has 4 aliphatic carbocycles. The molecular formula is C25H34N4O. The van der Waals surface area contributed by atoms with Crippen molar-refractivity contribution in [3.63, 3.8) is 0 Å². The fourth-order valence-corrected chi connectivity index (χ4v) is 7.44. The first-order valence-electron chi connectivity index (χ1n) is 12.1. The molecule has 1 aliphatic heterocycles. The van der Waals surface area contributed by atoms with Crippen molar-refractivity contribution < 1.29 is 4.79 Å². The highest BCUT2D eigenvalue weighted by Crippen LogP contribution is 2.55. The second kappa shape index (κ2) is 7.08. The lowest BCUT2D eigenvalue weighted by molar-refractivity contribution is -0.0208. The summed E-state index contributed by atoms with van der Waals surface area (Å²) in [6.45, 7) is 4.57. The van der Waals surface area contributed by atoms with E-state index in [0.717, 1.165) is 67.1 Å². The first-order valence-corrected chi connectivity index (χ1v) is 12.1. The lowest BCUT2D eigenvalue weighted by Crippen LogP contribution is -2.58. The number of pyridine rings is 1. The number of aromatic nitrogens is 2. The Balaban J connectivity index is 1.32. The minimum absolute atomic E-state index is 0.125. The van der Waals surface area contributed by atoms with Crippen LogP contribution in [0.5, 0.6) is 0 Å². The van der Waals surface area contributed by atoms with Crippen molar-refractivity contribution in [3.8, 4) is 0 Å². The van der Waals surface area contributed by atoms with Crippen LogP contribution in [-0.4, -0.2) is 38.8 Å². The minimum Gasteiger partial charge on any atom is -0.337 e. The van der Waals surface area contributed by atoms with E-state index in [-0.39, 0.29) is 11.4 Å². The van der Waals surface area contributed by atoms with Gasteiger partial charge < -0.3 is 14.6 Å². The van der Waals surface area contributed by atoms with E-state index >= 15 is 0 Å². The van der Waals surface area contributed by atoms with E-state index in [1.165, 1.54) is 44.9 Å². The lowest BCUT2D eigenvalue weighted by atomic mass is 9.53. The summed E-state index contributed by atoms with van der Waals surface area (Å²) in [7, 11) is 0. The summed E-state index contributed by atoms with van der Waals surface area (Å²) in [5.41, 5.74) is 4.07. The Morgan fingerprint density at radius 1 is 1.10 bits per heavy atom. The van der Waals surface area contributed by atoms with Crippen LogP contribution in [0.2, 0.25) is 0 Å². The molecule has 5 aliphatic rings. The zero-order valence-corrected chi connectivity index (χ0v) is 18.2. The van der Waals surface area contributed by atoms with E-state index in [4.69, 9.17) is 4.98 Å². The third-order valence-corrected chi connectivity index (χ3v) is 8.46. The third kappa shape index (κ3) is 3.08. The molecule has 0 atom stereocenters. The number of nitrogens with zero attached hydrogens (tertiary/aromatic N) is 3. The van der Waals surface area contributed by atoms with E-state index in [0.29, 0.717) is 5.69 Å². The zero-order chi connectivity index (χ0) is 20.3. The number of piperidine rings is 1. The van der Waals surface area contributed by atoms with Gasteiger partial charge in [-0.3, -0.25) is 4.79 Å². The molecule has 4 bridgehead atoms. The SMILES string of the molecule is Cc1cccn2c(CNC34CC5CC(CC(C5)C3)C4)c(C(=O)N3CCCCC3)nc12. The number of imidazole rings is 1. The maximum atomic E-state index is 13.4. The van der Waals surface area contributed by atoms with Crippen molar-refractivity contribution in [2.45, 2.75) is 76.8 Å². The zero-order valence-electron chi connectivity index (χ0n) is 18.2. The number of rotatable bonds is 4. The molecule has 7 rings (SSSR count). The summed E-state index contributed by atoms with van der Waals surface area (Å²) >= 11 is 0. The Bertz CT molecular complexity index is 936. The summed E-state index contributed by atoms with van der Waals surface area (Å²) < 4.78 is 2.17. The number of likely N-dealkylation sites (tertiary alicyclic amines) is 1. The second-order valence-electron chi connectivity index (χ2n) is 10.7. The highest BCUT2D eigenvalue weighted by Gasteiger charge is 2.50. The number of hydrogen-bond donors (Lipinski definition) is 1. The summed E-state index contributed by atoms with van der Waals surface area (Å²) in [6, 6.07) is 4.17. The smallest absolute Gasteiger partial charge is 0.274 e. The van der Waals surface area contributed by atoms with Crippen molar-refractivity contribution in [2.24, 2.45) is 17.8 Å². The molecular weight excluding hydrogens is 372 g/mol. The van der Waals surface area contributed by atoms with Gasteiger partial charge in [0.15, 0.2) is 5.69 Å². The predicted molar refractivity (Wildman–Crippen MR) is 117 cm³/mol. The largest absolute Gasteiger partial charge is 0.337 e. The summed E-state index contributed by atoms with van der Waals surface area (Å²) in [5.74, 6) is 2.88. The molecule has 30 heavy (non-hydrogen) atoms. The summed E-state index contributed by atoms with van der Waals surface area (Å²) in [6.07, 6.45) is 13.9. The van der Waals surface area contributed by atoms with Crippen molar-refractivity contribution >= 4 is 11.6 Å². The number of fused-ring (bicyclic) bond motifs is 1. The van der Waals surface area contributed by atoms with E-state index < -0.39 is 0 Å². The molecule has 2 aromatic rings. The fraction of sp³-hybridized carbons (Fsp3) is 0.680. The molecule has 160 valence electrons. The third-order valence-electron chi connectivity index (χ3n) is 8.46. The van der Waals surface area contributed by atoms with Crippen LogP contribution < -0.4 is 5.32 Å². The average Bonchev–Trinajstić information content (AvgIpc) is 3.11. The molecule has 5 heteroatoms. The molecule has 4 saturated carbocycles. The quantitative estimate of drug-likeness (QED) is 0.822.